The van der Waals surface area contributed by atoms with E-state index >= 15 is 0 Å². The second kappa shape index (κ2) is 5.73. The summed E-state index contributed by atoms with van der Waals surface area (Å²) in [5.74, 6) is 0. The van der Waals surface area contributed by atoms with Gasteiger partial charge in [0, 0.05) is 32.7 Å². The second-order valence-corrected chi connectivity index (χ2v) is 6.67. The topological polar surface area (TPSA) is 57.7 Å². The average Bonchev–Trinajstić information content (AvgIpc) is 3.14. The molecule has 1 aromatic carbocycles. The van der Waals surface area contributed by atoms with Gasteiger partial charge in [-0.05, 0) is 12.1 Å². The molecule has 0 bridgehead atoms. The van der Waals surface area contributed by atoms with E-state index in [4.69, 9.17) is 9.72 Å². The third kappa shape index (κ3) is 2.74. The molecular weight excluding hydrogens is 300 g/mol. The van der Waals surface area contributed by atoms with Crippen LogP contribution in [0.25, 0.3) is 10.2 Å². The van der Waals surface area contributed by atoms with E-state index in [-0.39, 0.29) is 12.2 Å². The van der Waals surface area contributed by atoms with E-state index in [9.17, 15) is 4.79 Å². The molecule has 7 heteroatoms. The van der Waals surface area contributed by atoms with Crippen molar-refractivity contribution in [3.05, 3.63) is 24.3 Å². The summed E-state index contributed by atoms with van der Waals surface area (Å²) >= 11 is 1.76. The van der Waals surface area contributed by atoms with Crippen LogP contribution >= 0.6 is 11.3 Å². The Balaban J connectivity index is 1.36. The maximum atomic E-state index is 11.1. The van der Waals surface area contributed by atoms with Crippen LogP contribution in [0.4, 0.5) is 9.93 Å². The SMILES string of the molecule is O=C1NCC(CN2CCN(c3nc4ccccc4s3)CC2)O1. The Morgan fingerprint density at radius 1 is 1.27 bits per heavy atom. The van der Waals surface area contributed by atoms with Gasteiger partial charge in [0.2, 0.25) is 0 Å². The molecule has 2 aliphatic heterocycles. The quantitative estimate of drug-likeness (QED) is 0.930. The third-order valence-corrected chi connectivity index (χ3v) is 5.23. The first-order chi connectivity index (χ1) is 10.8. The van der Waals surface area contributed by atoms with Gasteiger partial charge in [-0.1, -0.05) is 23.5 Å². The number of aromatic nitrogens is 1. The molecule has 1 atom stereocenters. The minimum Gasteiger partial charge on any atom is -0.443 e. The second-order valence-electron chi connectivity index (χ2n) is 5.66. The van der Waals surface area contributed by atoms with Gasteiger partial charge >= 0.3 is 6.09 Å². The number of nitrogens with one attached hydrogen (secondary N) is 1. The van der Waals surface area contributed by atoms with Gasteiger partial charge in [-0.15, -0.1) is 0 Å². The molecule has 0 saturated carbocycles. The van der Waals surface area contributed by atoms with E-state index in [1.165, 1.54) is 4.70 Å². The number of piperazine rings is 1. The number of thiazole rings is 1. The first kappa shape index (κ1) is 13.8. The fourth-order valence-corrected chi connectivity index (χ4v) is 3.96. The molecule has 6 nitrogen and oxygen atoms in total. The largest absolute Gasteiger partial charge is 0.443 e. The normalized spacial score (nSPS) is 22.8. The fourth-order valence-electron chi connectivity index (χ4n) is 2.94. The summed E-state index contributed by atoms with van der Waals surface area (Å²) in [6.07, 6.45) is -0.306. The number of amides is 1. The molecule has 2 aromatic rings. The Hall–Kier alpha value is -1.86. The highest BCUT2D eigenvalue weighted by Gasteiger charge is 2.27. The Kier molecular flexibility index (Phi) is 3.59. The van der Waals surface area contributed by atoms with Gasteiger partial charge < -0.3 is 15.0 Å². The molecule has 1 unspecified atom stereocenters. The molecule has 2 aliphatic rings. The van der Waals surface area contributed by atoms with E-state index in [0.717, 1.165) is 43.4 Å². The Morgan fingerprint density at radius 3 is 2.82 bits per heavy atom. The number of para-hydroxylation sites is 1. The molecule has 0 radical (unpaired) electrons. The molecule has 0 aliphatic carbocycles. The Morgan fingerprint density at radius 2 is 2.09 bits per heavy atom. The summed E-state index contributed by atoms with van der Waals surface area (Å²) < 4.78 is 6.44. The molecule has 1 N–H and O–H groups in total. The van der Waals surface area contributed by atoms with Gasteiger partial charge in [-0.3, -0.25) is 4.90 Å². The number of alkyl carbamates (subject to hydrolysis) is 1. The smallest absolute Gasteiger partial charge is 0.407 e. The van der Waals surface area contributed by atoms with Gasteiger partial charge in [0.25, 0.3) is 0 Å². The summed E-state index contributed by atoms with van der Waals surface area (Å²) in [4.78, 5) is 20.5. The van der Waals surface area contributed by atoms with E-state index in [2.05, 4.69) is 33.3 Å². The highest BCUT2D eigenvalue weighted by Crippen LogP contribution is 2.29. The van der Waals surface area contributed by atoms with Crippen LogP contribution in [-0.2, 0) is 4.74 Å². The monoisotopic (exact) mass is 318 g/mol. The van der Waals surface area contributed by atoms with Crippen LogP contribution in [0.2, 0.25) is 0 Å². The number of nitrogens with zero attached hydrogens (tertiary/aromatic N) is 3. The lowest BCUT2D eigenvalue weighted by molar-refractivity contribution is 0.106. The third-order valence-electron chi connectivity index (χ3n) is 4.14. The number of anilines is 1. The molecule has 2 fully saturated rings. The maximum absolute atomic E-state index is 11.1. The molecule has 4 rings (SSSR count). The highest BCUT2D eigenvalue weighted by atomic mass is 32.1. The first-order valence-electron chi connectivity index (χ1n) is 7.55. The van der Waals surface area contributed by atoms with Gasteiger partial charge in [0.1, 0.15) is 6.10 Å². The van der Waals surface area contributed by atoms with Crippen LogP contribution < -0.4 is 10.2 Å². The standard InChI is InChI=1S/C15H18N4O2S/c20-15-16-9-11(21-15)10-18-5-7-19(8-6-18)14-17-12-3-1-2-4-13(12)22-14/h1-4,11H,5-10H2,(H,16,20). The molecule has 0 spiro atoms. The Bertz CT molecular complexity index is 648. The number of carbonyl (C=O) groups excluding carboxylic acids is 1. The number of hydrogen-bond donors (Lipinski definition) is 1. The molecule has 2 saturated heterocycles. The zero-order valence-electron chi connectivity index (χ0n) is 12.2. The van der Waals surface area contributed by atoms with Crippen molar-refractivity contribution in [2.75, 3.05) is 44.2 Å². The van der Waals surface area contributed by atoms with Crippen molar-refractivity contribution in [3.63, 3.8) is 0 Å². The lowest BCUT2D eigenvalue weighted by Gasteiger charge is -2.35. The van der Waals surface area contributed by atoms with Crippen LogP contribution in [0.5, 0.6) is 0 Å². The van der Waals surface area contributed by atoms with E-state index in [1.807, 2.05) is 6.07 Å². The van der Waals surface area contributed by atoms with Crippen LogP contribution in [0, 0.1) is 0 Å². The summed E-state index contributed by atoms with van der Waals surface area (Å²) in [5, 5.41) is 3.81. The van der Waals surface area contributed by atoms with Crippen molar-refractivity contribution in [2.45, 2.75) is 6.10 Å². The number of carbonyl (C=O) groups is 1. The molecular formula is C15H18N4O2S. The van der Waals surface area contributed by atoms with Gasteiger partial charge in [0.05, 0.1) is 16.8 Å². The average molecular weight is 318 g/mol. The lowest BCUT2D eigenvalue weighted by atomic mass is 10.2. The van der Waals surface area contributed by atoms with Gasteiger partial charge in [-0.25, -0.2) is 9.78 Å². The number of cyclic esters (lactones) is 1. The van der Waals surface area contributed by atoms with Crippen LogP contribution in [0.3, 0.4) is 0 Å². The molecule has 1 amide bonds. The van der Waals surface area contributed by atoms with E-state index in [0.29, 0.717) is 6.54 Å². The number of fused-ring (bicyclic) bond motifs is 1. The van der Waals surface area contributed by atoms with Gasteiger partial charge in [-0.2, -0.15) is 0 Å². The number of rotatable bonds is 3. The number of benzene rings is 1. The number of hydrogen-bond acceptors (Lipinski definition) is 6. The Labute approximate surface area is 132 Å². The van der Waals surface area contributed by atoms with Crippen molar-refractivity contribution < 1.29 is 9.53 Å². The van der Waals surface area contributed by atoms with Crippen molar-refractivity contribution in [1.82, 2.24) is 15.2 Å². The predicted octanol–water partition coefficient (Wildman–Crippen LogP) is 1.53. The maximum Gasteiger partial charge on any atom is 0.407 e. The molecule has 22 heavy (non-hydrogen) atoms. The summed E-state index contributed by atoms with van der Waals surface area (Å²) in [6.45, 7) is 5.32. The summed E-state index contributed by atoms with van der Waals surface area (Å²) in [5.41, 5.74) is 1.08. The van der Waals surface area contributed by atoms with E-state index < -0.39 is 0 Å². The van der Waals surface area contributed by atoms with Crippen molar-refractivity contribution in [2.24, 2.45) is 0 Å². The predicted molar refractivity (Wildman–Crippen MR) is 86.5 cm³/mol. The molecule has 1 aromatic heterocycles. The zero-order valence-corrected chi connectivity index (χ0v) is 13.0. The summed E-state index contributed by atoms with van der Waals surface area (Å²) in [7, 11) is 0. The van der Waals surface area contributed by atoms with Crippen LogP contribution in [-0.4, -0.2) is 61.3 Å². The molecule has 116 valence electrons. The first-order valence-corrected chi connectivity index (χ1v) is 8.37. The lowest BCUT2D eigenvalue weighted by Crippen LogP contribution is -2.49. The summed E-state index contributed by atoms with van der Waals surface area (Å²) in [6, 6.07) is 8.26. The molecule has 3 heterocycles. The van der Waals surface area contributed by atoms with E-state index in [1.54, 1.807) is 11.3 Å². The minimum absolute atomic E-state index is 0.0125. The number of ether oxygens (including phenoxy) is 1. The zero-order chi connectivity index (χ0) is 14.9. The van der Waals surface area contributed by atoms with Crippen molar-refractivity contribution >= 4 is 32.8 Å². The highest BCUT2D eigenvalue weighted by molar-refractivity contribution is 7.22. The minimum atomic E-state index is -0.293. The van der Waals surface area contributed by atoms with Crippen molar-refractivity contribution in [1.29, 1.82) is 0 Å². The van der Waals surface area contributed by atoms with Gasteiger partial charge in [0.15, 0.2) is 5.13 Å². The van der Waals surface area contributed by atoms with Crippen LogP contribution in [0.1, 0.15) is 0 Å². The fraction of sp³-hybridized carbons (Fsp3) is 0.467. The van der Waals surface area contributed by atoms with Crippen LogP contribution in [0.15, 0.2) is 24.3 Å². The van der Waals surface area contributed by atoms with Crippen molar-refractivity contribution in [3.8, 4) is 0 Å².